The molecule has 1 fully saturated rings. The van der Waals surface area contributed by atoms with Gasteiger partial charge in [0, 0.05) is 13.1 Å². The third-order valence-corrected chi connectivity index (χ3v) is 7.97. The Morgan fingerprint density at radius 2 is 1.84 bits per heavy atom. The number of piperidine rings is 1. The Morgan fingerprint density at radius 3 is 2.50 bits per heavy atom. The van der Waals surface area contributed by atoms with Crippen molar-refractivity contribution in [2.75, 3.05) is 18.4 Å². The Balaban J connectivity index is 1.53. The van der Waals surface area contributed by atoms with Gasteiger partial charge in [-0.3, -0.25) is 4.79 Å². The van der Waals surface area contributed by atoms with Gasteiger partial charge in [-0.1, -0.05) is 23.4 Å². The van der Waals surface area contributed by atoms with E-state index in [9.17, 15) is 13.2 Å². The highest BCUT2D eigenvalue weighted by Gasteiger charge is 2.36. The van der Waals surface area contributed by atoms with Crippen molar-refractivity contribution in [3.63, 3.8) is 0 Å². The molecule has 170 valence electrons. The number of carbonyl (C=O) groups is 1. The molecule has 0 aliphatic carbocycles. The molecule has 3 aromatic rings. The second kappa shape index (κ2) is 8.51. The first kappa shape index (κ1) is 22.2. The van der Waals surface area contributed by atoms with Crippen molar-refractivity contribution in [3.8, 4) is 5.69 Å². The number of benzene rings is 1. The van der Waals surface area contributed by atoms with Crippen molar-refractivity contribution in [1.29, 1.82) is 0 Å². The van der Waals surface area contributed by atoms with Crippen LogP contribution >= 0.6 is 0 Å². The van der Waals surface area contributed by atoms with Gasteiger partial charge in [-0.25, -0.2) is 13.1 Å². The quantitative estimate of drug-likeness (QED) is 0.630. The van der Waals surface area contributed by atoms with Crippen molar-refractivity contribution >= 4 is 21.6 Å². The average molecular weight is 458 g/mol. The van der Waals surface area contributed by atoms with Gasteiger partial charge in [0.05, 0.1) is 28.7 Å². The minimum absolute atomic E-state index is 0.0920. The molecule has 2 aromatic heterocycles. The zero-order valence-corrected chi connectivity index (χ0v) is 19.4. The number of nitrogens with one attached hydrogen (secondary N) is 1. The number of rotatable bonds is 5. The molecule has 1 unspecified atom stereocenters. The zero-order valence-electron chi connectivity index (χ0n) is 18.6. The van der Waals surface area contributed by atoms with E-state index >= 15 is 0 Å². The van der Waals surface area contributed by atoms with Gasteiger partial charge in [0.25, 0.3) is 0 Å². The van der Waals surface area contributed by atoms with Gasteiger partial charge in [-0.05, 0) is 52.7 Å². The lowest BCUT2D eigenvalue weighted by Gasteiger charge is -2.31. The molecule has 0 radical (unpaired) electrons. The van der Waals surface area contributed by atoms with Crippen molar-refractivity contribution in [1.82, 2.24) is 19.2 Å². The van der Waals surface area contributed by atoms with Crippen molar-refractivity contribution in [2.24, 2.45) is 5.92 Å². The molecule has 0 spiro atoms. The summed E-state index contributed by atoms with van der Waals surface area (Å²) in [6.45, 7) is 7.41. The normalized spacial score (nSPS) is 17.4. The number of carbonyl (C=O) groups excluding carboxylic acids is 1. The van der Waals surface area contributed by atoms with Crippen LogP contribution in [0.1, 0.15) is 35.7 Å². The van der Waals surface area contributed by atoms with Crippen LogP contribution < -0.4 is 5.32 Å². The van der Waals surface area contributed by atoms with E-state index in [1.165, 1.54) is 4.31 Å². The molecule has 1 atom stereocenters. The van der Waals surface area contributed by atoms with Crippen LogP contribution in [0.2, 0.25) is 0 Å². The number of nitrogens with zero attached hydrogens (tertiary/aromatic N) is 4. The molecular formula is C22H27N5O4S. The lowest BCUT2D eigenvalue weighted by Crippen LogP contribution is -2.44. The van der Waals surface area contributed by atoms with E-state index in [1.807, 2.05) is 44.2 Å². The molecule has 0 bridgehead atoms. The SMILES string of the molecule is Cc1nn(-c2ccccc2)c(C)c1NC(=O)C1CCCN(S(=O)(=O)c2c(C)noc2C)C1. The molecule has 4 rings (SSSR count). The summed E-state index contributed by atoms with van der Waals surface area (Å²) in [6, 6.07) is 9.69. The fraction of sp³-hybridized carbons (Fsp3) is 0.409. The topological polar surface area (TPSA) is 110 Å². The number of aryl methyl sites for hydroxylation is 3. The largest absolute Gasteiger partial charge is 0.360 e. The Morgan fingerprint density at radius 1 is 1.12 bits per heavy atom. The third-order valence-electron chi connectivity index (χ3n) is 5.86. The number of hydrogen-bond donors (Lipinski definition) is 1. The van der Waals surface area contributed by atoms with Crippen LogP contribution in [0.25, 0.3) is 5.69 Å². The third kappa shape index (κ3) is 3.95. The number of hydrogen-bond acceptors (Lipinski definition) is 6. The predicted molar refractivity (Wildman–Crippen MR) is 119 cm³/mol. The van der Waals surface area contributed by atoms with Crippen molar-refractivity contribution < 1.29 is 17.7 Å². The summed E-state index contributed by atoms with van der Waals surface area (Å²) in [4.78, 5) is 13.2. The van der Waals surface area contributed by atoms with E-state index in [4.69, 9.17) is 4.52 Å². The molecule has 1 amide bonds. The van der Waals surface area contributed by atoms with E-state index < -0.39 is 15.9 Å². The molecule has 1 N–H and O–H groups in total. The molecule has 1 aromatic carbocycles. The Labute approximate surface area is 187 Å². The molecule has 1 aliphatic rings. The van der Waals surface area contributed by atoms with Gasteiger partial charge in [-0.15, -0.1) is 0 Å². The van der Waals surface area contributed by atoms with Crippen LogP contribution in [0.15, 0.2) is 39.8 Å². The van der Waals surface area contributed by atoms with E-state index in [0.29, 0.717) is 36.5 Å². The maximum absolute atomic E-state index is 13.2. The van der Waals surface area contributed by atoms with Crippen LogP contribution in [0.5, 0.6) is 0 Å². The fourth-order valence-corrected chi connectivity index (χ4v) is 6.03. The Hall–Kier alpha value is -2.98. The van der Waals surface area contributed by atoms with E-state index in [1.54, 1.807) is 18.5 Å². The summed E-state index contributed by atoms with van der Waals surface area (Å²) in [7, 11) is -3.79. The summed E-state index contributed by atoms with van der Waals surface area (Å²) in [5.41, 5.74) is 3.41. The van der Waals surface area contributed by atoms with E-state index in [0.717, 1.165) is 11.4 Å². The Kier molecular flexibility index (Phi) is 5.91. The van der Waals surface area contributed by atoms with Crippen LogP contribution in [0, 0.1) is 33.6 Å². The van der Waals surface area contributed by atoms with E-state index in [2.05, 4.69) is 15.6 Å². The molecular weight excluding hydrogens is 430 g/mol. The second-order valence-electron chi connectivity index (χ2n) is 8.14. The van der Waals surface area contributed by atoms with Gasteiger partial charge in [-0.2, -0.15) is 9.40 Å². The van der Waals surface area contributed by atoms with Crippen molar-refractivity contribution in [2.45, 2.75) is 45.4 Å². The van der Waals surface area contributed by atoms with Crippen LogP contribution in [-0.2, 0) is 14.8 Å². The van der Waals surface area contributed by atoms with Crippen LogP contribution in [0.4, 0.5) is 5.69 Å². The molecule has 3 heterocycles. The van der Waals surface area contributed by atoms with Gasteiger partial charge < -0.3 is 9.84 Å². The first-order valence-electron chi connectivity index (χ1n) is 10.6. The number of amides is 1. The second-order valence-corrected chi connectivity index (χ2v) is 10.0. The molecule has 1 aliphatic heterocycles. The summed E-state index contributed by atoms with van der Waals surface area (Å²) in [6.07, 6.45) is 1.21. The summed E-state index contributed by atoms with van der Waals surface area (Å²) in [5.74, 6) is -0.408. The fourth-order valence-electron chi connectivity index (χ4n) is 4.22. The van der Waals surface area contributed by atoms with E-state index in [-0.39, 0.29) is 23.1 Å². The smallest absolute Gasteiger partial charge is 0.248 e. The lowest BCUT2D eigenvalue weighted by atomic mass is 9.98. The highest BCUT2D eigenvalue weighted by Crippen LogP contribution is 2.29. The first-order valence-corrected chi connectivity index (χ1v) is 12.0. The maximum Gasteiger partial charge on any atom is 0.248 e. The number of anilines is 1. The predicted octanol–water partition coefficient (Wildman–Crippen LogP) is 3.13. The standard InChI is InChI=1S/C22H27N5O4S/c1-14-20(16(3)27(24-14)19-10-6-5-7-11-19)23-22(28)18-9-8-12-26(13-18)32(29,30)21-15(2)25-31-17(21)4/h5-7,10-11,18H,8-9,12-13H2,1-4H3,(H,23,28). The van der Waals surface area contributed by atoms with Gasteiger partial charge in [0.1, 0.15) is 10.6 Å². The lowest BCUT2D eigenvalue weighted by molar-refractivity contribution is -0.120. The molecule has 32 heavy (non-hydrogen) atoms. The highest BCUT2D eigenvalue weighted by atomic mass is 32.2. The average Bonchev–Trinajstić information content (AvgIpc) is 3.27. The number of sulfonamides is 1. The molecule has 10 heteroatoms. The zero-order chi connectivity index (χ0) is 23.0. The van der Waals surface area contributed by atoms with Gasteiger partial charge >= 0.3 is 0 Å². The number of para-hydroxylation sites is 1. The monoisotopic (exact) mass is 457 g/mol. The maximum atomic E-state index is 13.2. The van der Waals surface area contributed by atoms with Gasteiger partial charge in [0.2, 0.25) is 15.9 Å². The van der Waals surface area contributed by atoms with Crippen LogP contribution in [-0.4, -0.2) is 46.7 Å². The minimum Gasteiger partial charge on any atom is -0.360 e. The summed E-state index contributed by atoms with van der Waals surface area (Å²) in [5, 5.41) is 11.3. The molecule has 1 saturated heterocycles. The minimum atomic E-state index is -3.79. The highest BCUT2D eigenvalue weighted by molar-refractivity contribution is 7.89. The number of aromatic nitrogens is 3. The summed E-state index contributed by atoms with van der Waals surface area (Å²) < 4.78 is 34.5. The first-order chi connectivity index (χ1) is 15.2. The van der Waals surface area contributed by atoms with Crippen molar-refractivity contribution in [3.05, 3.63) is 53.2 Å². The summed E-state index contributed by atoms with van der Waals surface area (Å²) >= 11 is 0. The van der Waals surface area contributed by atoms with Crippen LogP contribution in [0.3, 0.4) is 0 Å². The molecule has 0 saturated carbocycles. The van der Waals surface area contributed by atoms with Gasteiger partial charge in [0.15, 0.2) is 5.76 Å². The Bertz CT molecular complexity index is 1230. The molecule has 9 nitrogen and oxygen atoms in total.